The van der Waals surface area contributed by atoms with Gasteiger partial charge in [-0.2, -0.15) is 8.61 Å². The molecule has 6 rings (SSSR count). The van der Waals surface area contributed by atoms with Crippen molar-refractivity contribution >= 4 is 38.5 Å². The number of carbonyl (C=O) groups is 1. The van der Waals surface area contributed by atoms with E-state index < -0.39 is 31.7 Å². The van der Waals surface area contributed by atoms with Crippen LogP contribution in [-0.4, -0.2) is 105 Å². The van der Waals surface area contributed by atoms with Crippen molar-refractivity contribution in [3.63, 3.8) is 0 Å². The maximum atomic E-state index is 13.4. The van der Waals surface area contributed by atoms with Crippen LogP contribution >= 0.6 is 12.4 Å². The molecule has 14 nitrogen and oxygen atoms in total. The fourth-order valence-electron chi connectivity index (χ4n) is 6.40. The maximum Gasteiger partial charge on any atom is 0.410 e. The van der Waals surface area contributed by atoms with Crippen LogP contribution in [0.25, 0.3) is 0 Å². The van der Waals surface area contributed by atoms with E-state index in [1.807, 2.05) is 64.1 Å². The average Bonchev–Trinajstić information content (AvgIpc) is 3.12. The molecule has 0 spiro atoms. The number of carbonyl (C=O) groups excluding carboxylic acids is 1. The van der Waals surface area contributed by atoms with Gasteiger partial charge in [0.1, 0.15) is 49.9 Å². The monoisotopic (exact) mass is 860 g/mol. The van der Waals surface area contributed by atoms with E-state index in [-0.39, 0.29) is 71.4 Å². The first kappa shape index (κ1) is 46.1. The minimum Gasteiger partial charge on any atom is -0.508 e. The number of piperazine rings is 2. The highest BCUT2D eigenvalue weighted by molar-refractivity contribution is 7.89. The molecule has 0 radical (unpaired) electrons. The molecule has 0 aromatic heterocycles. The van der Waals surface area contributed by atoms with Gasteiger partial charge in [0, 0.05) is 64.5 Å². The molecule has 4 aromatic carbocycles. The van der Waals surface area contributed by atoms with Crippen molar-refractivity contribution in [2.24, 2.45) is 0 Å². The molecular weight excluding hydrogens is 808 g/mol. The second kappa shape index (κ2) is 19.0. The second-order valence-corrected chi connectivity index (χ2v) is 19.0. The van der Waals surface area contributed by atoms with E-state index in [1.165, 1.54) is 49.9 Å². The van der Waals surface area contributed by atoms with Gasteiger partial charge >= 0.3 is 6.09 Å². The zero-order valence-corrected chi connectivity index (χ0v) is 36.3. The van der Waals surface area contributed by atoms with Crippen LogP contribution < -0.4 is 14.8 Å². The second-order valence-electron chi connectivity index (χ2n) is 15.1. The molecular formula is C41H53ClN4O10S2. The Balaban J connectivity index is 0.000000259. The van der Waals surface area contributed by atoms with E-state index in [0.717, 1.165) is 22.3 Å². The lowest BCUT2D eigenvalue weighted by atomic mass is 10.1. The SMILES string of the molecule is Cc1cc(C)cc(Oc2ccc(O)cc2S(=O)(=O)N2CCN(C(=O)OC(C)(C)C)CC2)c1.Cc1cc(C)cc(Oc2ccc(O)cc2S(=O)(=O)N2CCNCC2)c1.Cl. The Kier molecular flexibility index (Phi) is 15.1. The summed E-state index contributed by atoms with van der Waals surface area (Å²) in [7, 11) is -7.72. The fourth-order valence-corrected chi connectivity index (χ4v) is 9.53. The normalized spacial score (nSPS) is 15.4. The minimum atomic E-state index is -3.97. The van der Waals surface area contributed by atoms with E-state index in [9.17, 15) is 31.8 Å². The van der Waals surface area contributed by atoms with Gasteiger partial charge in [0.05, 0.1) is 0 Å². The van der Waals surface area contributed by atoms with Crippen LogP contribution in [0.3, 0.4) is 0 Å². The summed E-state index contributed by atoms with van der Waals surface area (Å²) in [4.78, 5) is 13.6. The van der Waals surface area contributed by atoms with Crippen molar-refractivity contribution < 1.29 is 46.1 Å². The van der Waals surface area contributed by atoms with Crippen LogP contribution in [0.5, 0.6) is 34.5 Å². The first-order valence-electron chi connectivity index (χ1n) is 18.6. The molecule has 2 aliphatic rings. The topological polar surface area (TPSA) is 175 Å². The van der Waals surface area contributed by atoms with Gasteiger partial charge in [0.15, 0.2) is 0 Å². The molecule has 3 N–H and O–H groups in total. The van der Waals surface area contributed by atoms with Crippen LogP contribution in [0.2, 0.25) is 0 Å². The molecule has 316 valence electrons. The third-order valence-electron chi connectivity index (χ3n) is 8.90. The Morgan fingerprint density at radius 1 is 0.603 bits per heavy atom. The van der Waals surface area contributed by atoms with Crippen LogP contribution in [0.4, 0.5) is 4.79 Å². The zero-order chi connectivity index (χ0) is 41.7. The van der Waals surface area contributed by atoms with E-state index in [1.54, 1.807) is 20.8 Å². The van der Waals surface area contributed by atoms with Crippen molar-refractivity contribution in [2.45, 2.75) is 63.9 Å². The molecule has 0 unspecified atom stereocenters. The summed E-state index contributed by atoms with van der Waals surface area (Å²) >= 11 is 0. The van der Waals surface area contributed by atoms with Crippen molar-refractivity contribution in [1.82, 2.24) is 18.8 Å². The number of hydrogen-bond donors (Lipinski definition) is 3. The van der Waals surface area contributed by atoms with Crippen molar-refractivity contribution in [2.75, 3.05) is 52.4 Å². The van der Waals surface area contributed by atoms with E-state index in [2.05, 4.69) is 5.32 Å². The largest absolute Gasteiger partial charge is 0.508 e. The number of phenols is 2. The quantitative estimate of drug-likeness (QED) is 0.169. The summed E-state index contributed by atoms with van der Waals surface area (Å²) in [6, 6.07) is 19.5. The summed E-state index contributed by atoms with van der Waals surface area (Å²) in [5, 5.41) is 22.9. The number of sulfonamides is 2. The molecule has 2 fully saturated rings. The third-order valence-corrected chi connectivity index (χ3v) is 12.7. The fraction of sp³-hybridized carbons (Fsp3) is 0.390. The number of benzene rings is 4. The minimum absolute atomic E-state index is 0. The Labute approximate surface area is 347 Å². The van der Waals surface area contributed by atoms with Crippen molar-refractivity contribution in [1.29, 1.82) is 0 Å². The number of ether oxygens (including phenoxy) is 3. The molecule has 17 heteroatoms. The average molecular weight is 861 g/mol. The molecule has 0 aliphatic carbocycles. The van der Waals surface area contributed by atoms with Crippen molar-refractivity contribution in [3.05, 3.63) is 95.1 Å². The van der Waals surface area contributed by atoms with Gasteiger partial charge in [0.2, 0.25) is 20.0 Å². The van der Waals surface area contributed by atoms with Gasteiger partial charge < -0.3 is 34.6 Å². The molecule has 0 saturated carbocycles. The summed E-state index contributed by atoms with van der Waals surface area (Å²) in [5.74, 6) is 1.13. The lowest BCUT2D eigenvalue weighted by Crippen LogP contribution is -2.51. The molecule has 2 saturated heterocycles. The van der Waals surface area contributed by atoms with Gasteiger partial charge in [-0.15, -0.1) is 12.4 Å². The smallest absolute Gasteiger partial charge is 0.410 e. The molecule has 0 bridgehead atoms. The van der Waals surface area contributed by atoms with E-state index >= 15 is 0 Å². The zero-order valence-electron chi connectivity index (χ0n) is 33.8. The van der Waals surface area contributed by atoms with Gasteiger partial charge in [-0.1, -0.05) is 12.1 Å². The first-order chi connectivity index (χ1) is 26.7. The molecule has 0 atom stereocenters. The predicted molar refractivity (Wildman–Crippen MR) is 224 cm³/mol. The number of amides is 1. The van der Waals surface area contributed by atoms with Crippen LogP contribution in [0.15, 0.2) is 82.6 Å². The first-order valence-corrected chi connectivity index (χ1v) is 21.5. The Bertz CT molecular complexity index is 2260. The molecule has 4 aromatic rings. The lowest BCUT2D eigenvalue weighted by molar-refractivity contribution is 0.0192. The highest BCUT2D eigenvalue weighted by Crippen LogP contribution is 2.36. The summed E-state index contributed by atoms with van der Waals surface area (Å²) in [6.07, 6.45) is -0.467. The molecule has 2 aliphatic heterocycles. The Morgan fingerprint density at radius 3 is 1.36 bits per heavy atom. The summed E-state index contributed by atoms with van der Waals surface area (Å²) < 4.78 is 72.6. The van der Waals surface area contributed by atoms with Crippen LogP contribution in [0, 0.1) is 27.7 Å². The van der Waals surface area contributed by atoms with Gasteiger partial charge in [-0.3, -0.25) is 0 Å². The van der Waals surface area contributed by atoms with Crippen LogP contribution in [-0.2, 0) is 24.8 Å². The van der Waals surface area contributed by atoms with Gasteiger partial charge in [0.25, 0.3) is 0 Å². The Morgan fingerprint density at radius 2 is 0.983 bits per heavy atom. The van der Waals surface area contributed by atoms with Gasteiger partial charge in [-0.05, 0) is 119 Å². The summed E-state index contributed by atoms with van der Waals surface area (Å²) in [5.41, 5.74) is 3.41. The number of hydrogen-bond acceptors (Lipinski definition) is 11. The Hall–Kier alpha value is -4.58. The van der Waals surface area contributed by atoms with E-state index in [4.69, 9.17) is 14.2 Å². The third kappa shape index (κ3) is 12.0. The number of aromatic hydroxyl groups is 2. The lowest BCUT2D eigenvalue weighted by Gasteiger charge is -2.35. The number of nitrogens with zero attached hydrogens (tertiary/aromatic N) is 3. The predicted octanol–water partition coefficient (Wildman–Crippen LogP) is 6.86. The molecule has 1 amide bonds. The van der Waals surface area contributed by atoms with Gasteiger partial charge in [-0.25, -0.2) is 21.6 Å². The van der Waals surface area contributed by atoms with Crippen molar-refractivity contribution in [3.8, 4) is 34.5 Å². The summed E-state index contributed by atoms with van der Waals surface area (Å²) in [6.45, 7) is 15.7. The number of nitrogens with one attached hydrogen (secondary N) is 1. The maximum absolute atomic E-state index is 13.4. The standard InChI is InChI=1S/C23H30N2O6S.C18H22N2O4S.ClH/c1-16-12-17(2)14-19(13-16)30-20-7-6-18(26)15-21(20)32(28,29)25-10-8-24(9-11-25)22(27)31-23(3,4)5;1-13-9-14(2)11-16(10-13)24-17-4-3-15(21)12-18(17)25(22,23)20-7-5-19-6-8-20;/h6-7,12-15,26H,8-11H2,1-5H3;3-4,9-12,19,21H,5-8H2,1-2H3;1H. The van der Waals surface area contributed by atoms with Crippen LogP contribution in [0.1, 0.15) is 43.0 Å². The molecule has 2 heterocycles. The highest BCUT2D eigenvalue weighted by Gasteiger charge is 2.34. The number of rotatable bonds is 8. The number of halogens is 1. The number of aryl methyl sites for hydroxylation is 4. The van der Waals surface area contributed by atoms with E-state index in [0.29, 0.717) is 37.7 Å². The molecule has 58 heavy (non-hydrogen) atoms. The highest BCUT2D eigenvalue weighted by atomic mass is 35.5. The number of phenolic OH excluding ortho intramolecular Hbond substituents is 2.